The second kappa shape index (κ2) is 8.39. The zero-order valence-corrected chi connectivity index (χ0v) is 16.9. The van der Waals surface area contributed by atoms with Crippen LogP contribution in [0.5, 0.6) is 0 Å². The minimum atomic E-state index is -2.45. The first kappa shape index (κ1) is 20.3. The van der Waals surface area contributed by atoms with Crippen LogP contribution in [-0.2, 0) is 6.42 Å². The number of hydrogen-bond acceptors (Lipinski definition) is 5. The molecular weight excluding hydrogens is 392 g/mol. The minimum absolute atomic E-state index is 0.0725. The maximum absolute atomic E-state index is 13.2. The van der Waals surface area contributed by atoms with E-state index in [0.29, 0.717) is 25.5 Å². The molecule has 3 heterocycles. The maximum atomic E-state index is 13.2. The van der Waals surface area contributed by atoms with Crippen molar-refractivity contribution in [2.75, 3.05) is 31.6 Å². The molecule has 2 unspecified atom stereocenters. The Kier molecular flexibility index (Phi) is 5.67. The number of piperazine rings is 1. The van der Waals surface area contributed by atoms with Crippen molar-refractivity contribution in [3.05, 3.63) is 41.9 Å². The van der Waals surface area contributed by atoms with E-state index < -0.39 is 12.5 Å². The molecular formula is C20H25F2N7O. The van der Waals surface area contributed by atoms with E-state index in [1.165, 1.54) is 0 Å². The number of benzene rings is 1. The number of amides is 1. The zero-order chi connectivity index (χ0) is 21.3. The van der Waals surface area contributed by atoms with Crippen molar-refractivity contribution in [2.24, 2.45) is 0 Å². The van der Waals surface area contributed by atoms with Crippen LogP contribution in [0.1, 0.15) is 23.1 Å². The molecule has 0 radical (unpaired) electrons. The predicted octanol–water partition coefficient (Wildman–Crippen LogP) is 2.03. The van der Waals surface area contributed by atoms with Gasteiger partial charge in [-0.3, -0.25) is 9.69 Å². The van der Waals surface area contributed by atoms with E-state index in [1.54, 1.807) is 16.8 Å². The zero-order valence-electron chi connectivity index (χ0n) is 16.9. The molecule has 3 aromatic rings. The van der Waals surface area contributed by atoms with Gasteiger partial charge in [0.1, 0.15) is 0 Å². The molecule has 1 fully saturated rings. The van der Waals surface area contributed by atoms with Crippen molar-refractivity contribution < 1.29 is 13.6 Å². The van der Waals surface area contributed by atoms with Gasteiger partial charge < -0.3 is 20.2 Å². The van der Waals surface area contributed by atoms with Gasteiger partial charge in [0.25, 0.3) is 12.3 Å². The second-order valence-corrected chi connectivity index (χ2v) is 7.76. The number of likely N-dealkylation sites (N-methyl/N-ethyl adjacent to an activating group) is 1. The number of aromatic nitrogens is 4. The molecule has 1 aliphatic heterocycles. The normalized spacial score (nSPS) is 18.8. The average molecular weight is 417 g/mol. The van der Waals surface area contributed by atoms with Gasteiger partial charge in [-0.1, -0.05) is 18.2 Å². The van der Waals surface area contributed by atoms with Gasteiger partial charge in [-0.25, -0.2) is 8.78 Å². The van der Waals surface area contributed by atoms with Crippen molar-refractivity contribution in [2.45, 2.75) is 31.9 Å². The Morgan fingerprint density at radius 2 is 2.10 bits per heavy atom. The van der Waals surface area contributed by atoms with Gasteiger partial charge in [-0.2, -0.15) is 0 Å². The number of fused-ring (bicyclic) bond motifs is 1. The summed E-state index contributed by atoms with van der Waals surface area (Å²) in [6.45, 7) is 3.07. The van der Waals surface area contributed by atoms with Crippen LogP contribution >= 0.6 is 0 Å². The fourth-order valence-electron chi connectivity index (χ4n) is 3.84. The molecule has 10 heteroatoms. The largest absolute Gasteiger partial charge is 0.361 e. The lowest BCUT2D eigenvalue weighted by Crippen LogP contribution is -2.54. The van der Waals surface area contributed by atoms with Crippen molar-refractivity contribution in [1.29, 1.82) is 0 Å². The molecule has 0 spiro atoms. The SMILES string of the molecule is CC(Cc1c[nH]c2ccccc12)NC(=O)c1nnc(N2CCN(C)C(C(F)F)C2)[nH]1. The molecule has 1 saturated heterocycles. The molecule has 1 amide bonds. The molecule has 30 heavy (non-hydrogen) atoms. The Hall–Kier alpha value is -3.01. The van der Waals surface area contributed by atoms with Crippen LogP contribution in [0.4, 0.5) is 14.7 Å². The van der Waals surface area contributed by atoms with Gasteiger partial charge in [0.2, 0.25) is 11.8 Å². The van der Waals surface area contributed by atoms with E-state index in [0.717, 1.165) is 16.5 Å². The summed E-state index contributed by atoms with van der Waals surface area (Å²) in [5.41, 5.74) is 2.17. The Morgan fingerprint density at radius 1 is 1.30 bits per heavy atom. The molecule has 0 bridgehead atoms. The van der Waals surface area contributed by atoms with Gasteiger partial charge in [-0.15, -0.1) is 10.2 Å². The predicted molar refractivity (Wildman–Crippen MR) is 110 cm³/mol. The minimum Gasteiger partial charge on any atom is -0.361 e. The number of nitrogens with zero attached hydrogens (tertiary/aromatic N) is 4. The summed E-state index contributed by atoms with van der Waals surface area (Å²) < 4.78 is 26.4. The molecule has 8 nitrogen and oxygen atoms in total. The van der Waals surface area contributed by atoms with Gasteiger partial charge >= 0.3 is 0 Å². The lowest BCUT2D eigenvalue weighted by atomic mass is 10.1. The van der Waals surface area contributed by atoms with Crippen LogP contribution in [0.25, 0.3) is 10.9 Å². The summed E-state index contributed by atoms with van der Waals surface area (Å²) in [5, 5.41) is 12.0. The third-order valence-corrected chi connectivity index (χ3v) is 5.56. The van der Waals surface area contributed by atoms with Gasteiger partial charge in [0, 0.05) is 42.8 Å². The number of carbonyl (C=O) groups excluding carboxylic acids is 1. The van der Waals surface area contributed by atoms with Crippen molar-refractivity contribution in [1.82, 2.24) is 30.4 Å². The van der Waals surface area contributed by atoms with Gasteiger partial charge in [-0.05, 0) is 32.0 Å². The number of carbonyl (C=O) groups is 1. The van der Waals surface area contributed by atoms with E-state index in [4.69, 9.17) is 0 Å². The molecule has 1 aliphatic rings. The topological polar surface area (TPSA) is 92.9 Å². The van der Waals surface area contributed by atoms with Crippen molar-refractivity contribution >= 4 is 22.8 Å². The van der Waals surface area contributed by atoms with Crippen LogP contribution in [0, 0.1) is 0 Å². The first-order chi connectivity index (χ1) is 14.4. The summed E-state index contributed by atoms with van der Waals surface area (Å²) in [7, 11) is 1.68. The first-order valence-corrected chi connectivity index (χ1v) is 9.94. The van der Waals surface area contributed by atoms with Crippen LogP contribution < -0.4 is 10.2 Å². The fraction of sp³-hybridized carbons (Fsp3) is 0.450. The van der Waals surface area contributed by atoms with E-state index in [9.17, 15) is 13.6 Å². The summed E-state index contributed by atoms with van der Waals surface area (Å²) in [6, 6.07) is 7.00. The number of alkyl halides is 2. The highest BCUT2D eigenvalue weighted by molar-refractivity contribution is 5.91. The Balaban J connectivity index is 1.38. The number of anilines is 1. The molecule has 0 aliphatic carbocycles. The maximum Gasteiger partial charge on any atom is 0.289 e. The lowest BCUT2D eigenvalue weighted by molar-refractivity contribution is 0.0322. The summed E-state index contributed by atoms with van der Waals surface area (Å²) in [4.78, 5) is 22.0. The molecule has 4 rings (SSSR count). The second-order valence-electron chi connectivity index (χ2n) is 7.76. The standard InChI is InChI=1S/C20H25F2N7O/c1-12(9-13-10-23-15-6-4-3-5-14(13)15)24-19(30)18-25-20(27-26-18)29-8-7-28(2)16(11-29)17(21)22/h3-6,10,12,16-17,23H,7-9,11H2,1-2H3,(H,24,30)(H,25,26,27). The van der Waals surface area contributed by atoms with E-state index in [2.05, 4.69) is 25.5 Å². The quantitative estimate of drug-likeness (QED) is 0.571. The fourth-order valence-corrected chi connectivity index (χ4v) is 3.84. The highest BCUT2D eigenvalue weighted by Crippen LogP contribution is 2.20. The van der Waals surface area contributed by atoms with E-state index in [-0.39, 0.29) is 24.3 Å². The van der Waals surface area contributed by atoms with Crippen LogP contribution in [0.2, 0.25) is 0 Å². The van der Waals surface area contributed by atoms with Crippen molar-refractivity contribution in [3.8, 4) is 0 Å². The van der Waals surface area contributed by atoms with E-state index in [1.807, 2.05) is 37.4 Å². The van der Waals surface area contributed by atoms with Crippen LogP contribution in [-0.4, -0.2) is 76.2 Å². The van der Waals surface area contributed by atoms with Gasteiger partial charge in [0.15, 0.2) is 0 Å². The number of halogens is 2. The van der Waals surface area contributed by atoms with Crippen LogP contribution in [0.3, 0.4) is 0 Å². The highest BCUT2D eigenvalue weighted by Gasteiger charge is 2.32. The molecule has 1 aromatic carbocycles. The lowest BCUT2D eigenvalue weighted by Gasteiger charge is -2.38. The summed E-state index contributed by atoms with van der Waals surface area (Å²) in [6.07, 6.45) is 0.159. The third kappa shape index (κ3) is 4.13. The Morgan fingerprint density at radius 3 is 2.90 bits per heavy atom. The monoisotopic (exact) mass is 417 g/mol. The third-order valence-electron chi connectivity index (χ3n) is 5.56. The number of hydrogen-bond donors (Lipinski definition) is 3. The molecule has 2 atom stereocenters. The molecule has 3 N–H and O–H groups in total. The number of H-pyrrole nitrogens is 2. The first-order valence-electron chi connectivity index (χ1n) is 9.94. The number of aromatic amines is 2. The smallest absolute Gasteiger partial charge is 0.289 e. The van der Waals surface area contributed by atoms with E-state index >= 15 is 0 Å². The Bertz CT molecular complexity index is 1020. The number of rotatable bonds is 6. The van der Waals surface area contributed by atoms with Crippen molar-refractivity contribution in [3.63, 3.8) is 0 Å². The van der Waals surface area contributed by atoms with Gasteiger partial charge in [0.05, 0.1) is 6.04 Å². The van der Waals surface area contributed by atoms with Crippen LogP contribution in [0.15, 0.2) is 30.5 Å². The number of para-hydroxylation sites is 1. The average Bonchev–Trinajstić information content (AvgIpc) is 3.36. The molecule has 160 valence electrons. The summed E-state index contributed by atoms with van der Waals surface area (Å²) in [5.74, 6) is 0.0344. The molecule has 0 saturated carbocycles. The summed E-state index contributed by atoms with van der Waals surface area (Å²) >= 11 is 0. The molecule has 2 aromatic heterocycles. The Labute approximate surface area is 172 Å². The number of nitrogens with one attached hydrogen (secondary N) is 3. The highest BCUT2D eigenvalue weighted by atomic mass is 19.3.